The highest BCUT2D eigenvalue weighted by molar-refractivity contribution is 6.67. The van der Waals surface area contributed by atoms with Crippen LogP contribution < -0.4 is 20.4 Å². The quantitative estimate of drug-likeness (QED) is 0.635. The van der Waals surface area contributed by atoms with Crippen molar-refractivity contribution in [3.8, 4) is 11.5 Å². The van der Waals surface area contributed by atoms with Gasteiger partial charge in [0.2, 0.25) is 7.28 Å². The Bertz CT molecular complexity index is 698. The third kappa shape index (κ3) is 2.86. The van der Waals surface area contributed by atoms with Crippen molar-refractivity contribution >= 4 is 18.2 Å². The van der Waals surface area contributed by atoms with Gasteiger partial charge in [0, 0.05) is 18.2 Å². The van der Waals surface area contributed by atoms with Gasteiger partial charge < -0.3 is 9.47 Å². The summed E-state index contributed by atoms with van der Waals surface area (Å²) >= 11 is 0. The van der Waals surface area contributed by atoms with Gasteiger partial charge in [-0.3, -0.25) is 0 Å². The fourth-order valence-electron chi connectivity index (χ4n) is 1.87. The molecule has 2 rings (SSSR count). The predicted molar refractivity (Wildman–Crippen MR) is 70.8 cm³/mol. The number of hydrogen-bond donors (Lipinski definition) is 0. The van der Waals surface area contributed by atoms with E-state index in [1.165, 1.54) is 7.11 Å². The standard InChI is InChI=1S/C14H9BF5O2/c1-21-6-3-7(16)11(8(17)4-6)15-12-9(18)5-10(19)14(22-2)13(12)20/h3-5H,1-2H3. The molecule has 0 saturated carbocycles. The highest BCUT2D eigenvalue weighted by Gasteiger charge is 2.23. The first-order valence-electron chi connectivity index (χ1n) is 5.98. The molecule has 0 heterocycles. The molecule has 0 bridgehead atoms. The van der Waals surface area contributed by atoms with Crippen LogP contribution in [0.1, 0.15) is 0 Å². The second kappa shape index (κ2) is 6.25. The Kier molecular flexibility index (Phi) is 4.58. The molecule has 2 aromatic rings. The zero-order chi connectivity index (χ0) is 16.4. The molecule has 0 spiro atoms. The van der Waals surface area contributed by atoms with E-state index < -0.39 is 45.8 Å². The minimum atomic E-state index is -1.39. The smallest absolute Gasteiger partial charge is 0.207 e. The summed E-state index contributed by atoms with van der Waals surface area (Å²) in [5.41, 5.74) is -1.51. The van der Waals surface area contributed by atoms with Gasteiger partial charge in [0.05, 0.1) is 14.2 Å². The first kappa shape index (κ1) is 16.1. The van der Waals surface area contributed by atoms with Crippen molar-refractivity contribution in [1.82, 2.24) is 0 Å². The summed E-state index contributed by atoms with van der Waals surface area (Å²) < 4.78 is 77.7. The molecule has 2 aromatic carbocycles. The Morgan fingerprint density at radius 1 is 0.727 bits per heavy atom. The minimum Gasteiger partial charge on any atom is -0.497 e. The maximum Gasteiger partial charge on any atom is 0.207 e. The molecule has 0 amide bonds. The second-order valence-corrected chi connectivity index (χ2v) is 4.25. The molecule has 0 saturated heterocycles. The normalized spacial score (nSPS) is 10.5. The van der Waals surface area contributed by atoms with E-state index in [-0.39, 0.29) is 5.75 Å². The topological polar surface area (TPSA) is 18.5 Å². The lowest BCUT2D eigenvalue weighted by Gasteiger charge is -2.11. The van der Waals surface area contributed by atoms with Gasteiger partial charge in [-0.25, -0.2) is 22.0 Å². The Balaban J connectivity index is 2.52. The molecule has 0 aromatic heterocycles. The van der Waals surface area contributed by atoms with E-state index in [0.29, 0.717) is 13.3 Å². The molecule has 2 nitrogen and oxygen atoms in total. The van der Waals surface area contributed by atoms with E-state index in [1.54, 1.807) is 0 Å². The van der Waals surface area contributed by atoms with Crippen LogP contribution in [0.3, 0.4) is 0 Å². The molecule has 0 aliphatic rings. The van der Waals surface area contributed by atoms with Crippen molar-refractivity contribution in [2.75, 3.05) is 14.2 Å². The SMILES string of the molecule is COc1cc(F)c([B]c2c(F)cc(F)c(OC)c2F)c(F)c1. The van der Waals surface area contributed by atoms with E-state index in [4.69, 9.17) is 0 Å². The zero-order valence-corrected chi connectivity index (χ0v) is 11.5. The van der Waals surface area contributed by atoms with Crippen LogP contribution in [0.2, 0.25) is 0 Å². The molecule has 22 heavy (non-hydrogen) atoms. The van der Waals surface area contributed by atoms with Crippen molar-refractivity contribution in [1.29, 1.82) is 0 Å². The van der Waals surface area contributed by atoms with Crippen LogP contribution in [0.15, 0.2) is 18.2 Å². The number of halogens is 5. The fraction of sp³-hybridized carbons (Fsp3) is 0.143. The summed E-state index contributed by atoms with van der Waals surface area (Å²) in [6, 6.07) is 2.07. The molecule has 0 N–H and O–H groups in total. The Morgan fingerprint density at radius 3 is 1.77 bits per heavy atom. The van der Waals surface area contributed by atoms with Crippen LogP contribution in [-0.2, 0) is 0 Å². The number of ether oxygens (including phenoxy) is 2. The van der Waals surface area contributed by atoms with E-state index >= 15 is 0 Å². The molecule has 0 atom stereocenters. The molecule has 8 heteroatoms. The highest BCUT2D eigenvalue weighted by atomic mass is 19.2. The maximum absolute atomic E-state index is 14.0. The van der Waals surface area contributed by atoms with Gasteiger partial charge in [-0.2, -0.15) is 0 Å². The van der Waals surface area contributed by atoms with E-state index in [9.17, 15) is 22.0 Å². The van der Waals surface area contributed by atoms with Gasteiger partial charge in [0.25, 0.3) is 0 Å². The average Bonchev–Trinajstić information content (AvgIpc) is 2.45. The Morgan fingerprint density at radius 2 is 1.27 bits per heavy atom. The lowest BCUT2D eigenvalue weighted by atomic mass is 9.63. The van der Waals surface area contributed by atoms with Gasteiger partial charge in [0.1, 0.15) is 23.2 Å². The van der Waals surface area contributed by atoms with Crippen LogP contribution in [0, 0.1) is 29.1 Å². The fourth-order valence-corrected chi connectivity index (χ4v) is 1.87. The van der Waals surface area contributed by atoms with Crippen LogP contribution in [0.4, 0.5) is 22.0 Å². The molecular weight excluding hydrogens is 306 g/mol. The van der Waals surface area contributed by atoms with Crippen molar-refractivity contribution in [2.45, 2.75) is 0 Å². The van der Waals surface area contributed by atoms with Crippen molar-refractivity contribution in [2.24, 2.45) is 0 Å². The van der Waals surface area contributed by atoms with Gasteiger partial charge in [-0.15, -0.1) is 0 Å². The van der Waals surface area contributed by atoms with Crippen LogP contribution >= 0.6 is 0 Å². The van der Waals surface area contributed by atoms with Gasteiger partial charge in [0.15, 0.2) is 17.4 Å². The lowest BCUT2D eigenvalue weighted by molar-refractivity contribution is 0.358. The minimum absolute atomic E-state index is 0.0928. The Hall–Kier alpha value is -2.25. The maximum atomic E-state index is 14.0. The van der Waals surface area contributed by atoms with Gasteiger partial charge >= 0.3 is 0 Å². The van der Waals surface area contributed by atoms with E-state index in [1.807, 2.05) is 0 Å². The zero-order valence-electron chi connectivity index (χ0n) is 11.5. The summed E-state index contributed by atoms with van der Waals surface area (Å²) in [6.45, 7) is 0. The molecule has 0 aliphatic heterocycles. The summed E-state index contributed by atoms with van der Waals surface area (Å²) in [5.74, 6) is -7.07. The molecule has 0 unspecified atom stereocenters. The van der Waals surface area contributed by atoms with Crippen LogP contribution in [-0.4, -0.2) is 21.5 Å². The molecule has 0 aliphatic carbocycles. The third-order valence-corrected chi connectivity index (χ3v) is 2.94. The number of rotatable bonds is 4. The molecule has 0 fully saturated rings. The van der Waals surface area contributed by atoms with Crippen LogP contribution in [0.25, 0.3) is 0 Å². The second-order valence-electron chi connectivity index (χ2n) is 4.25. The first-order valence-corrected chi connectivity index (χ1v) is 5.98. The van der Waals surface area contributed by atoms with E-state index in [2.05, 4.69) is 9.47 Å². The first-order chi connectivity index (χ1) is 10.4. The largest absolute Gasteiger partial charge is 0.497 e. The highest BCUT2D eigenvalue weighted by Crippen LogP contribution is 2.21. The molecular formula is C14H9BF5O2. The summed E-state index contributed by atoms with van der Waals surface area (Å²) in [6.07, 6.45) is 0. The van der Waals surface area contributed by atoms with Gasteiger partial charge in [-0.05, 0) is 10.9 Å². The summed E-state index contributed by atoms with van der Waals surface area (Å²) in [7, 11) is 2.79. The van der Waals surface area contributed by atoms with E-state index in [0.717, 1.165) is 19.2 Å². The van der Waals surface area contributed by atoms with Crippen molar-refractivity contribution in [3.05, 3.63) is 47.3 Å². The number of benzene rings is 2. The predicted octanol–water partition coefficient (Wildman–Crippen LogP) is 2.05. The summed E-state index contributed by atoms with van der Waals surface area (Å²) in [4.78, 5) is 0. The summed E-state index contributed by atoms with van der Waals surface area (Å²) in [5, 5.41) is 0. The molecule has 1 radical (unpaired) electrons. The Labute approximate surface area is 123 Å². The number of methoxy groups -OCH3 is 2. The monoisotopic (exact) mass is 315 g/mol. The van der Waals surface area contributed by atoms with Crippen molar-refractivity contribution < 1.29 is 31.4 Å². The van der Waals surface area contributed by atoms with Gasteiger partial charge in [-0.1, -0.05) is 0 Å². The number of hydrogen-bond acceptors (Lipinski definition) is 2. The lowest BCUT2D eigenvalue weighted by Crippen LogP contribution is -2.36. The van der Waals surface area contributed by atoms with Crippen LogP contribution in [0.5, 0.6) is 11.5 Å². The molecule has 115 valence electrons. The van der Waals surface area contributed by atoms with Crippen molar-refractivity contribution in [3.63, 3.8) is 0 Å². The third-order valence-electron chi connectivity index (χ3n) is 2.94. The average molecular weight is 315 g/mol.